The number of aromatic nitrogens is 3. The van der Waals surface area contributed by atoms with Crippen LogP contribution in [0.1, 0.15) is 32.1 Å². The molecule has 0 aliphatic carbocycles. The first-order valence-electron chi connectivity index (χ1n) is 7.99. The normalized spacial score (nSPS) is 10.4. The molecule has 3 aromatic rings. The minimum atomic E-state index is -0.466. The summed E-state index contributed by atoms with van der Waals surface area (Å²) >= 11 is 0. The highest BCUT2D eigenvalue weighted by atomic mass is 16.5. The Morgan fingerprint density at radius 2 is 1.77 bits per heavy atom. The minimum absolute atomic E-state index is 0.219. The number of carbonyl (C=O) groups is 2. The van der Waals surface area contributed by atoms with Crippen LogP contribution in [0.3, 0.4) is 0 Å². The molecule has 7 nitrogen and oxygen atoms in total. The molecule has 0 radical (unpaired) electrons. The molecule has 1 aromatic heterocycles. The first-order chi connectivity index (χ1) is 12.5. The highest BCUT2D eigenvalue weighted by molar-refractivity contribution is 6.04. The summed E-state index contributed by atoms with van der Waals surface area (Å²) in [4.78, 5) is 25.7. The largest absolute Gasteiger partial charge is 0.465 e. The van der Waals surface area contributed by atoms with Crippen molar-refractivity contribution in [3.05, 3.63) is 71.0 Å². The number of rotatable bonds is 4. The predicted molar refractivity (Wildman–Crippen MR) is 96.6 cm³/mol. The summed E-state index contributed by atoms with van der Waals surface area (Å²) < 4.78 is 4.71. The Morgan fingerprint density at radius 1 is 1.04 bits per heavy atom. The number of hydrogen-bond acceptors (Lipinski definition) is 5. The minimum Gasteiger partial charge on any atom is -0.465 e. The number of aryl methyl sites for hydroxylation is 2. The van der Waals surface area contributed by atoms with Gasteiger partial charge < -0.3 is 10.1 Å². The molecule has 0 bridgehead atoms. The molecular weight excluding hydrogens is 332 g/mol. The van der Waals surface area contributed by atoms with Gasteiger partial charge in [-0.15, -0.1) is 5.10 Å². The maximum Gasteiger partial charge on any atom is 0.337 e. The van der Waals surface area contributed by atoms with Crippen LogP contribution in [0.25, 0.3) is 5.69 Å². The first-order valence-corrected chi connectivity index (χ1v) is 7.99. The number of para-hydroxylation sites is 1. The second-order valence-corrected chi connectivity index (χ2v) is 5.73. The van der Waals surface area contributed by atoms with Crippen LogP contribution in [0, 0.1) is 13.8 Å². The van der Waals surface area contributed by atoms with Gasteiger partial charge in [-0.25, -0.2) is 4.79 Å². The highest BCUT2D eigenvalue weighted by Gasteiger charge is 2.18. The van der Waals surface area contributed by atoms with Gasteiger partial charge in [-0.05, 0) is 43.7 Å². The van der Waals surface area contributed by atoms with Crippen molar-refractivity contribution in [1.82, 2.24) is 15.0 Å². The zero-order chi connectivity index (χ0) is 18.7. The summed E-state index contributed by atoms with van der Waals surface area (Å²) in [5, 5.41) is 11.4. The van der Waals surface area contributed by atoms with E-state index in [9.17, 15) is 9.59 Å². The molecule has 3 rings (SSSR count). The maximum absolute atomic E-state index is 12.6. The fourth-order valence-electron chi connectivity index (χ4n) is 2.45. The lowest BCUT2D eigenvalue weighted by atomic mass is 10.1. The van der Waals surface area contributed by atoms with Crippen molar-refractivity contribution in [3.8, 4) is 5.69 Å². The summed E-state index contributed by atoms with van der Waals surface area (Å²) in [6, 6.07) is 14.3. The molecule has 7 heteroatoms. The van der Waals surface area contributed by atoms with Gasteiger partial charge >= 0.3 is 5.97 Å². The molecule has 2 aromatic carbocycles. The van der Waals surface area contributed by atoms with Crippen molar-refractivity contribution in [2.24, 2.45) is 0 Å². The second-order valence-electron chi connectivity index (χ2n) is 5.73. The van der Waals surface area contributed by atoms with E-state index in [0.29, 0.717) is 16.9 Å². The molecule has 0 spiro atoms. The van der Waals surface area contributed by atoms with Crippen LogP contribution in [0.2, 0.25) is 0 Å². The van der Waals surface area contributed by atoms with Crippen LogP contribution in [-0.2, 0) is 4.74 Å². The summed E-state index contributed by atoms with van der Waals surface area (Å²) in [5.41, 5.74) is 3.19. The summed E-state index contributed by atoms with van der Waals surface area (Å²) in [6.45, 7) is 3.56. The first kappa shape index (κ1) is 17.3. The Hall–Kier alpha value is -3.48. The van der Waals surface area contributed by atoms with Gasteiger partial charge in [0.2, 0.25) is 0 Å². The van der Waals surface area contributed by atoms with E-state index in [4.69, 9.17) is 4.74 Å². The summed E-state index contributed by atoms with van der Waals surface area (Å²) in [6.07, 6.45) is 0. The molecule has 0 atom stereocenters. The lowest BCUT2D eigenvalue weighted by molar-refractivity contribution is 0.0600. The van der Waals surface area contributed by atoms with E-state index in [0.717, 1.165) is 11.3 Å². The van der Waals surface area contributed by atoms with Gasteiger partial charge in [0.25, 0.3) is 5.91 Å². The fourth-order valence-corrected chi connectivity index (χ4v) is 2.45. The van der Waals surface area contributed by atoms with Crippen LogP contribution >= 0.6 is 0 Å². The zero-order valence-corrected chi connectivity index (χ0v) is 14.7. The van der Waals surface area contributed by atoms with Crippen LogP contribution in [0.15, 0.2) is 48.5 Å². The highest BCUT2D eigenvalue weighted by Crippen LogP contribution is 2.19. The quantitative estimate of drug-likeness (QED) is 0.731. The Balaban J connectivity index is 1.87. The lowest BCUT2D eigenvalue weighted by Crippen LogP contribution is -2.15. The fraction of sp³-hybridized carbons (Fsp3) is 0.158. The standard InChI is InChI=1S/C19H18N4O3/c1-12-9-10-14(19(25)26-3)11-16(12)20-18(24)17-13(2)21-23(22-17)15-7-5-4-6-8-15/h4-11H,1-3H3,(H,20,24). The second kappa shape index (κ2) is 7.18. The van der Waals surface area contributed by atoms with E-state index in [2.05, 4.69) is 15.5 Å². The molecule has 1 N–H and O–H groups in total. The van der Waals surface area contributed by atoms with Crippen molar-refractivity contribution in [3.63, 3.8) is 0 Å². The van der Waals surface area contributed by atoms with Crippen molar-refractivity contribution >= 4 is 17.6 Å². The zero-order valence-electron chi connectivity index (χ0n) is 14.7. The van der Waals surface area contributed by atoms with E-state index in [1.165, 1.54) is 11.9 Å². The van der Waals surface area contributed by atoms with Gasteiger partial charge in [-0.1, -0.05) is 24.3 Å². The van der Waals surface area contributed by atoms with E-state index in [-0.39, 0.29) is 5.69 Å². The van der Waals surface area contributed by atoms with Gasteiger partial charge in [0.15, 0.2) is 5.69 Å². The molecule has 1 amide bonds. The SMILES string of the molecule is COC(=O)c1ccc(C)c(NC(=O)c2nn(-c3ccccc3)nc2C)c1. The van der Waals surface area contributed by atoms with E-state index in [1.807, 2.05) is 37.3 Å². The Labute approximate surface area is 150 Å². The average molecular weight is 350 g/mol. The summed E-state index contributed by atoms with van der Waals surface area (Å²) in [7, 11) is 1.31. The molecule has 0 saturated carbocycles. The number of methoxy groups -OCH3 is 1. The van der Waals surface area contributed by atoms with Gasteiger partial charge in [0.05, 0.1) is 24.1 Å². The molecular formula is C19H18N4O3. The third kappa shape index (κ3) is 3.46. The van der Waals surface area contributed by atoms with Gasteiger partial charge in [0.1, 0.15) is 0 Å². The van der Waals surface area contributed by atoms with Crippen LogP contribution < -0.4 is 5.32 Å². The number of anilines is 1. The smallest absolute Gasteiger partial charge is 0.337 e. The molecule has 0 fully saturated rings. The number of ether oxygens (including phenoxy) is 1. The number of carbonyl (C=O) groups excluding carboxylic acids is 2. The molecule has 26 heavy (non-hydrogen) atoms. The van der Waals surface area contributed by atoms with Crippen LogP contribution in [0.4, 0.5) is 5.69 Å². The third-order valence-electron chi connectivity index (χ3n) is 3.89. The lowest BCUT2D eigenvalue weighted by Gasteiger charge is -2.09. The Bertz CT molecular complexity index is 964. The number of benzene rings is 2. The molecule has 0 saturated heterocycles. The summed E-state index contributed by atoms with van der Waals surface area (Å²) in [5.74, 6) is -0.860. The number of amides is 1. The van der Waals surface area contributed by atoms with Crippen molar-refractivity contribution < 1.29 is 14.3 Å². The number of nitrogens with zero attached hydrogens (tertiary/aromatic N) is 3. The van der Waals surface area contributed by atoms with Gasteiger partial charge in [-0.3, -0.25) is 4.79 Å². The predicted octanol–water partition coefficient (Wildman–Crippen LogP) is 2.92. The van der Waals surface area contributed by atoms with E-state index in [1.54, 1.807) is 25.1 Å². The average Bonchev–Trinajstić information content (AvgIpc) is 3.05. The van der Waals surface area contributed by atoms with E-state index >= 15 is 0 Å². The maximum atomic E-state index is 12.6. The van der Waals surface area contributed by atoms with E-state index < -0.39 is 11.9 Å². The number of hydrogen-bond donors (Lipinski definition) is 1. The molecule has 0 aliphatic rings. The van der Waals surface area contributed by atoms with Crippen molar-refractivity contribution in [2.45, 2.75) is 13.8 Å². The number of nitrogens with one attached hydrogen (secondary N) is 1. The Morgan fingerprint density at radius 3 is 2.46 bits per heavy atom. The third-order valence-corrected chi connectivity index (χ3v) is 3.89. The van der Waals surface area contributed by atoms with Gasteiger partial charge in [-0.2, -0.15) is 9.90 Å². The Kier molecular flexibility index (Phi) is 4.79. The molecule has 132 valence electrons. The molecule has 0 unspecified atom stereocenters. The van der Waals surface area contributed by atoms with Gasteiger partial charge in [0, 0.05) is 5.69 Å². The topological polar surface area (TPSA) is 86.1 Å². The molecule has 0 aliphatic heterocycles. The monoisotopic (exact) mass is 350 g/mol. The van der Waals surface area contributed by atoms with Crippen LogP contribution in [-0.4, -0.2) is 34.0 Å². The molecule has 1 heterocycles. The van der Waals surface area contributed by atoms with Crippen LogP contribution in [0.5, 0.6) is 0 Å². The number of esters is 1. The van der Waals surface area contributed by atoms with Crippen molar-refractivity contribution in [2.75, 3.05) is 12.4 Å². The van der Waals surface area contributed by atoms with Crippen molar-refractivity contribution in [1.29, 1.82) is 0 Å².